The highest BCUT2D eigenvalue weighted by Crippen LogP contribution is 2.34. The molecule has 0 saturated carbocycles. The normalized spacial score (nSPS) is 12.0. The van der Waals surface area contributed by atoms with Gasteiger partial charge in [-0.3, -0.25) is 14.5 Å². The molecule has 9 heteroatoms. The minimum Gasteiger partial charge on any atom is -0.467 e. The summed E-state index contributed by atoms with van der Waals surface area (Å²) < 4.78 is 12.3. The predicted molar refractivity (Wildman–Crippen MR) is 135 cm³/mol. The van der Waals surface area contributed by atoms with E-state index >= 15 is 0 Å². The Morgan fingerprint density at radius 2 is 1.83 bits per heavy atom. The Kier molecular flexibility index (Phi) is 6.72. The average molecular weight is 484 g/mol. The minimum atomic E-state index is -1.05. The summed E-state index contributed by atoms with van der Waals surface area (Å²) in [6.07, 6.45) is 1.49. The zero-order valence-corrected chi connectivity index (χ0v) is 19.7. The summed E-state index contributed by atoms with van der Waals surface area (Å²) in [6, 6.07) is 23.1. The molecule has 0 unspecified atom stereocenters. The monoisotopic (exact) mass is 483 g/mol. The number of ether oxygens (including phenoxy) is 1. The zero-order valence-electron chi connectivity index (χ0n) is 19.7. The van der Waals surface area contributed by atoms with E-state index in [-0.39, 0.29) is 24.9 Å². The molecule has 182 valence electrons. The Hall–Kier alpha value is -4.50. The molecule has 2 heterocycles. The number of carbonyl (C=O) groups is 2. The van der Waals surface area contributed by atoms with Crippen LogP contribution in [0.5, 0.6) is 0 Å². The summed E-state index contributed by atoms with van der Waals surface area (Å²) >= 11 is 0. The van der Waals surface area contributed by atoms with Crippen LogP contribution in [0.25, 0.3) is 21.8 Å². The largest absolute Gasteiger partial charge is 0.467 e. The highest BCUT2D eigenvalue weighted by Gasteiger charge is 2.35. The summed E-state index contributed by atoms with van der Waals surface area (Å²) in [5.41, 5.74) is 2.00. The van der Waals surface area contributed by atoms with Crippen LogP contribution in [0, 0.1) is 0 Å². The van der Waals surface area contributed by atoms with Gasteiger partial charge in [-0.15, -0.1) is 5.10 Å². The van der Waals surface area contributed by atoms with Crippen LogP contribution in [-0.4, -0.2) is 47.1 Å². The smallest absolute Gasteiger partial charge is 0.251 e. The Balaban J connectivity index is 1.62. The molecule has 1 atom stereocenters. The van der Waals surface area contributed by atoms with Gasteiger partial charge >= 0.3 is 0 Å². The second-order valence-electron chi connectivity index (χ2n) is 8.20. The van der Waals surface area contributed by atoms with Crippen LogP contribution < -0.4 is 10.2 Å². The van der Waals surface area contributed by atoms with Crippen LogP contribution in [-0.2, 0) is 20.9 Å². The lowest BCUT2D eigenvalue weighted by Crippen LogP contribution is -2.45. The van der Waals surface area contributed by atoms with Crippen LogP contribution >= 0.6 is 0 Å². The van der Waals surface area contributed by atoms with E-state index in [4.69, 9.17) is 9.15 Å². The van der Waals surface area contributed by atoms with Crippen LogP contribution in [0.15, 0.2) is 89.5 Å². The lowest BCUT2D eigenvalue weighted by Gasteiger charge is -2.31. The quantitative estimate of drug-likeness (QED) is 0.321. The summed E-state index contributed by atoms with van der Waals surface area (Å²) in [5, 5.41) is 13.0. The first-order valence-electron chi connectivity index (χ1n) is 11.6. The molecule has 0 bridgehead atoms. The van der Waals surface area contributed by atoms with Gasteiger partial charge in [0.1, 0.15) is 17.8 Å². The van der Waals surface area contributed by atoms with Crippen LogP contribution in [0.1, 0.15) is 11.8 Å². The first-order chi connectivity index (χ1) is 17.7. The van der Waals surface area contributed by atoms with E-state index in [2.05, 4.69) is 15.6 Å². The molecule has 5 aromatic rings. The standard InChI is InChI=1S/C27H25N5O4/c1-35-17-15-28-27(34)26(24-14-7-16-36-24)32(22-13-6-9-19-8-2-3-10-20(19)22)25(33)18-31-23-12-5-4-11-21(23)29-30-31/h2-14,16,26H,15,17-18H2,1H3,(H,28,34)/t26-/m1/s1. The molecule has 0 fully saturated rings. The van der Waals surface area contributed by atoms with E-state index in [0.717, 1.165) is 16.3 Å². The number of methoxy groups -OCH3 is 1. The molecule has 3 aromatic carbocycles. The van der Waals surface area contributed by atoms with Gasteiger partial charge in [0.2, 0.25) is 5.91 Å². The topological polar surface area (TPSA) is 102 Å². The molecule has 2 amide bonds. The Bertz CT molecular complexity index is 1490. The highest BCUT2D eigenvalue weighted by atomic mass is 16.5. The first-order valence-corrected chi connectivity index (χ1v) is 11.6. The number of para-hydroxylation sites is 1. The van der Waals surface area contributed by atoms with Gasteiger partial charge in [-0.25, -0.2) is 4.68 Å². The van der Waals surface area contributed by atoms with Crippen molar-refractivity contribution < 1.29 is 18.7 Å². The molecule has 0 aliphatic rings. The SMILES string of the molecule is COCCNC(=O)[C@@H](c1ccco1)N(C(=O)Cn1nnc2ccccc21)c1cccc2ccccc12. The molecule has 36 heavy (non-hydrogen) atoms. The third-order valence-corrected chi connectivity index (χ3v) is 5.92. The number of benzene rings is 3. The third kappa shape index (κ3) is 4.56. The van der Waals surface area contributed by atoms with Crippen molar-refractivity contribution in [2.45, 2.75) is 12.6 Å². The summed E-state index contributed by atoms with van der Waals surface area (Å²) in [4.78, 5) is 29.1. The summed E-state index contributed by atoms with van der Waals surface area (Å²) in [7, 11) is 1.56. The Labute approximate surface area is 207 Å². The lowest BCUT2D eigenvalue weighted by molar-refractivity contribution is -0.127. The molecule has 1 N–H and O–H groups in total. The fourth-order valence-corrected chi connectivity index (χ4v) is 4.27. The number of anilines is 1. The van der Waals surface area contributed by atoms with Gasteiger partial charge in [0.05, 0.1) is 24.1 Å². The molecule has 0 radical (unpaired) electrons. The van der Waals surface area contributed by atoms with Crippen molar-refractivity contribution in [2.75, 3.05) is 25.2 Å². The molecule has 2 aromatic heterocycles. The van der Waals surface area contributed by atoms with E-state index in [1.54, 1.807) is 19.2 Å². The maximum Gasteiger partial charge on any atom is 0.251 e. The van der Waals surface area contributed by atoms with E-state index in [1.165, 1.54) is 15.8 Å². The number of nitrogens with one attached hydrogen (secondary N) is 1. The number of amides is 2. The van der Waals surface area contributed by atoms with E-state index in [0.29, 0.717) is 23.6 Å². The number of nitrogens with zero attached hydrogens (tertiary/aromatic N) is 4. The number of carbonyl (C=O) groups excluding carboxylic acids is 2. The molecule has 0 aliphatic carbocycles. The number of hydrogen-bond donors (Lipinski definition) is 1. The van der Waals surface area contributed by atoms with Gasteiger partial charge in [0.15, 0.2) is 6.04 Å². The molecule has 0 spiro atoms. The van der Waals surface area contributed by atoms with Crippen molar-refractivity contribution in [3.05, 3.63) is 90.9 Å². The Morgan fingerprint density at radius 1 is 1.03 bits per heavy atom. The van der Waals surface area contributed by atoms with E-state index in [9.17, 15) is 9.59 Å². The van der Waals surface area contributed by atoms with Crippen LogP contribution in [0.2, 0.25) is 0 Å². The molecule has 0 aliphatic heterocycles. The maximum absolute atomic E-state index is 14.1. The van der Waals surface area contributed by atoms with Crippen molar-refractivity contribution in [3.63, 3.8) is 0 Å². The second-order valence-corrected chi connectivity index (χ2v) is 8.20. The highest BCUT2D eigenvalue weighted by molar-refractivity contribution is 6.07. The number of furan rings is 1. The van der Waals surface area contributed by atoms with Gasteiger partial charge in [-0.1, -0.05) is 53.7 Å². The number of fused-ring (bicyclic) bond motifs is 2. The molecular formula is C27H25N5O4. The molecule has 5 rings (SSSR count). The molecule has 9 nitrogen and oxygen atoms in total. The fraction of sp³-hybridized carbons (Fsp3) is 0.185. The predicted octanol–water partition coefficient (Wildman–Crippen LogP) is 3.71. The molecule has 0 saturated heterocycles. The second kappa shape index (κ2) is 10.4. The minimum absolute atomic E-state index is 0.119. The summed E-state index contributed by atoms with van der Waals surface area (Å²) in [6.45, 7) is 0.508. The average Bonchev–Trinajstić information content (AvgIpc) is 3.58. The number of rotatable bonds is 9. The zero-order chi connectivity index (χ0) is 24.9. The van der Waals surface area contributed by atoms with Crippen molar-refractivity contribution in [1.29, 1.82) is 0 Å². The van der Waals surface area contributed by atoms with E-state index in [1.807, 2.05) is 66.7 Å². The van der Waals surface area contributed by atoms with Crippen LogP contribution in [0.4, 0.5) is 5.69 Å². The van der Waals surface area contributed by atoms with Crippen molar-refractivity contribution in [1.82, 2.24) is 20.3 Å². The van der Waals surface area contributed by atoms with Gasteiger partial charge < -0.3 is 14.5 Å². The van der Waals surface area contributed by atoms with E-state index < -0.39 is 6.04 Å². The number of hydrogen-bond acceptors (Lipinski definition) is 6. The van der Waals surface area contributed by atoms with Crippen molar-refractivity contribution in [3.8, 4) is 0 Å². The maximum atomic E-state index is 14.1. The molecular weight excluding hydrogens is 458 g/mol. The third-order valence-electron chi connectivity index (χ3n) is 5.92. The Morgan fingerprint density at radius 3 is 2.67 bits per heavy atom. The number of aromatic nitrogens is 3. The fourth-order valence-electron chi connectivity index (χ4n) is 4.27. The van der Waals surface area contributed by atoms with Gasteiger partial charge in [-0.05, 0) is 35.7 Å². The van der Waals surface area contributed by atoms with Gasteiger partial charge in [0.25, 0.3) is 5.91 Å². The van der Waals surface area contributed by atoms with Crippen LogP contribution in [0.3, 0.4) is 0 Å². The van der Waals surface area contributed by atoms with Crippen molar-refractivity contribution >= 4 is 39.3 Å². The van der Waals surface area contributed by atoms with Gasteiger partial charge in [-0.2, -0.15) is 0 Å². The first kappa shape index (κ1) is 23.3. The van der Waals surface area contributed by atoms with Gasteiger partial charge in [0, 0.05) is 19.0 Å². The summed E-state index contributed by atoms with van der Waals surface area (Å²) in [5.74, 6) is -0.383. The van der Waals surface area contributed by atoms with Crippen molar-refractivity contribution in [2.24, 2.45) is 0 Å². The lowest BCUT2D eigenvalue weighted by atomic mass is 10.0.